The number of methoxy groups -OCH3 is 1. The molecule has 1 spiro atoms. The molecule has 3 aromatic carbocycles. The van der Waals surface area contributed by atoms with E-state index in [1.165, 1.54) is 30.0 Å². The first-order valence-corrected chi connectivity index (χ1v) is 22.7. The zero-order valence-electron chi connectivity index (χ0n) is 37.2. The highest BCUT2D eigenvalue weighted by atomic mass is 32.2. The Labute approximate surface area is 378 Å². The number of nitrogens with two attached hydrogens (primary N) is 1. The van der Waals surface area contributed by atoms with Crippen molar-refractivity contribution >= 4 is 52.2 Å². The highest BCUT2D eigenvalue weighted by molar-refractivity contribution is 7.98. The van der Waals surface area contributed by atoms with E-state index in [-0.39, 0.29) is 23.1 Å². The molecular weight excluding hydrogens is 829 g/mol. The fourth-order valence-electron chi connectivity index (χ4n) is 9.76. The molecule has 5 aromatic rings. The largest absolute Gasteiger partial charge is 0.482 e. The van der Waals surface area contributed by atoms with Crippen molar-refractivity contribution in [3.63, 3.8) is 0 Å². The number of fused-ring (bicyclic) bond motifs is 1. The summed E-state index contributed by atoms with van der Waals surface area (Å²) in [5, 5.41) is 15.4. The quantitative estimate of drug-likeness (QED) is 0.0259. The van der Waals surface area contributed by atoms with E-state index in [2.05, 4.69) is 77.8 Å². The second-order valence-corrected chi connectivity index (χ2v) is 18.3. The molecule has 1 atom stereocenters. The Kier molecular flexibility index (Phi) is 13.4. The average Bonchev–Trinajstić information content (AvgIpc) is 3.77. The van der Waals surface area contributed by atoms with Crippen LogP contribution in [0.25, 0.3) is 11.0 Å². The third kappa shape index (κ3) is 9.54. The van der Waals surface area contributed by atoms with E-state index >= 15 is 0 Å². The third-order valence-corrected chi connectivity index (χ3v) is 14.0. The van der Waals surface area contributed by atoms with Gasteiger partial charge in [-0.15, -0.1) is 0 Å². The third-order valence-electron chi connectivity index (χ3n) is 13.2. The second-order valence-electron chi connectivity index (χ2n) is 17.4. The molecule has 5 N–H and O–H groups in total. The van der Waals surface area contributed by atoms with Crippen molar-refractivity contribution in [3.8, 4) is 11.5 Å². The lowest BCUT2D eigenvalue weighted by molar-refractivity contribution is -0.384. The van der Waals surface area contributed by atoms with Crippen molar-refractivity contribution in [1.82, 2.24) is 24.5 Å². The van der Waals surface area contributed by atoms with Crippen molar-refractivity contribution in [2.75, 3.05) is 70.7 Å². The number of anilines is 2. The lowest BCUT2D eigenvalue weighted by Crippen LogP contribution is -2.60. The Bertz CT molecular complexity index is 2540. The minimum Gasteiger partial charge on any atom is -0.482 e. The van der Waals surface area contributed by atoms with Crippen molar-refractivity contribution in [1.29, 1.82) is 0 Å². The van der Waals surface area contributed by atoms with E-state index in [1.807, 2.05) is 36.7 Å². The molecule has 16 heteroatoms. The van der Waals surface area contributed by atoms with E-state index < -0.39 is 4.92 Å². The Balaban J connectivity index is 0.968. The van der Waals surface area contributed by atoms with Crippen LogP contribution in [0.2, 0.25) is 0 Å². The first kappa shape index (κ1) is 44.5. The van der Waals surface area contributed by atoms with Crippen LogP contribution in [0.4, 0.5) is 17.1 Å². The molecule has 336 valence electrons. The molecule has 3 fully saturated rings. The fourth-order valence-corrected chi connectivity index (χ4v) is 10.4. The number of amides is 1. The summed E-state index contributed by atoms with van der Waals surface area (Å²) < 4.78 is 14.7. The summed E-state index contributed by atoms with van der Waals surface area (Å²) in [7, 11) is 5.00. The van der Waals surface area contributed by atoms with E-state index in [0.29, 0.717) is 52.0 Å². The Morgan fingerprint density at radius 1 is 1.09 bits per heavy atom. The monoisotopic (exact) mass is 886 g/mol. The molecule has 2 saturated heterocycles. The maximum atomic E-state index is 13.8. The number of rotatable bonds is 15. The molecule has 0 bridgehead atoms. The van der Waals surface area contributed by atoms with Crippen LogP contribution in [-0.2, 0) is 4.74 Å². The maximum Gasteiger partial charge on any atom is 0.293 e. The number of benzene rings is 3. The van der Waals surface area contributed by atoms with E-state index in [4.69, 9.17) is 15.2 Å². The number of carbonyl (C=O) groups excluding carboxylic acids is 1. The van der Waals surface area contributed by atoms with Gasteiger partial charge in [0.1, 0.15) is 22.8 Å². The van der Waals surface area contributed by atoms with Gasteiger partial charge in [-0.1, -0.05) is 38.1 Å². The molecule has 2 aromatic heterocycles. The van der Waals surface area contributed by atoms with Crippen LogP contribution in [0.15, 0.2) is 107 Å². The van der Waals surface area contributed by atoms with Crippen LogP contribution in [0.5, 0.6) is 11.5 Å². The lowest BCUT2D eigenvalue weighted by Gasteiger charge is -2.58. The second kappa shape index (κ2) is 19.3. The summed E-state index contributed by atoms with van der Waals surface area (Å²) in [6, 6.07) is 24.0. The molecule has 1 amide bonds. The van der Waals surface area contributed by atoms with Crippen LogP contribution in [-0.4, -0.2) is 103 Å². The highest BCUT2D eigenvalue weighted by Gasteiger charge is 2.50. The minimum atomic E-state index is -0.449. The zero-order valence-corrected chi connectivity index (χ0v) is 38.0. The van der Waals surface area contributed by atoms with Gasteiger partial charge in [-0.2, -0.15) is 0 Å². The fraction of sp³-hybridized carbons (Fsp3) is 0.396. The molecule has 15 nitrogen and oxygen atoms in total. The summed E-state index contributed by atoms with van der Waals surface area (Å²) in [6.07, 6.45) is 9.79. The number of hydrogen-bond donors (Lipinski definition) is 4. The van der Waals surface area contributed by atoms with Gasteiger partial charge >= 0.3 is 0 Å². The number of hydrogen-bond acceptors (Lipinski definition) is 13. The first-order chi connectivity index (χ1) is 31.0. The van der Waals surface area contributed by atoms with Gasteiger partial charge in [0.2, 0.25) is 0 Å². The normalized spacial score (nSPS) is 18.6. The topological polar surface area (TPSA) is 180 Å². The number of aromatic amines is 1. The highest BCUT2D eigenvalue weighted by Crippen LogP contribution is 2.53. The Hall–Kier alpha value is -6.10. The number of carbonyl (C=O) groups is 1. The van der Waals surface area contributed by atoms with Crippen molar-refractivity contribution in [3.05, 3.63) is 123 Å². The predicted octanol–water partition coefficient (Wildman–Crippen LogP) is 8.49. The molecule has 1 aliphatic carbocycles. The molecule has 64 heavy (non-hydrogen) atoms. The number of piperazine rings is 1. The summed E-state index contributed by atoms with van der Waals surface area (Å²) in [4.78, 5) is 45.1. The number of nitro benzene ring substituents is 1. The van der Waals surface area contributed by atoms with Crippen LogP contribution >= 0.6 is 11.9 Å². The Morgan fingerprint density at radius 3 is 2.62 bits per heavy atom. The molecule has 8 rings (SSSR count). The van der Waals surface area contributed by atoms with Crippen LogP contribution in [0.3, 0.4) is 0 Å². The number of nitrogens with one attached hydrogen (secondary N) is 3. The number of ether oxygens (including phenoxy) is 2. The number of aliphatic imine (C=N–C) groups is 1. The van der Waals surface area contributed by atoms with E-state index in [0.717, 1.165) is 79.8 Å². The number of pyridine rings is 1. The molecule has 4 heterocycles. The SMILES string of the molecule is CN=CC(CN1CCN(C2CC3(CCN(c4ccc(C(=O)NSc5ccc(NC)c([N+](=O)[O-])c5)c(Oc5cnc6[nH]ccc6c5)c4)CC3)C2)C(c2ccccc2C(C)C)C1)=C(N)OC. The summed E-state index contributed by atoms with van der Waals surface area (Å²) in [6.45, 7) is 9.86. The molecule has 0 radical (unpaired) electrons. The van der Waals surface area contributed by atoms with Gasteiger partial charge in [-0.25, -0.2) is 4.98 Å². The number of H-pyrrole nitrogens is 1. The summed E-state index contributed by atoms with van der Waals surface area (Å²) in [5.74, 6) is 1.34. The van der Waals surface area contributed by atoms with Crippen molar-refractivity contribution in [2.24, 2.45) is 16.1 Å². The smallest absolute Gasteiger partial charge is 0.293 e. The first-order valence-electron chi connectivity index (χ1n) is 21.9. The van der Waals surface area contributed by atoms with Crippen molar-refractivity contribution < 1.29 is 19.2 Å². The number of piperidine rings is 1. The molecular formula is C48H58N10O5S. The minimum absolute atomic E-state index is 0.0754. The van der Waals surface area contributed by atoms with Gasteiger partial charge in [0.25, 0.3) is 11.6 Å². The van der Waals surface area contributed by atoms with Gasteiger partial charge in [0.15, 0.2) is 5.88 Å². The van der Waals surface area contributed by atoms with Gasteiger partial charge < -0.3 is 30.4 Å². The van der Waals surface area contributed by atoms with Crippen LogP contribution < -0.4 is 25.4 Å². The number of nitrogens with zero attached hydrogens (tertiary/aromatic N) is 6. The zero-order chi connectivity index (χ0) is 45.0. The van der Waals surface area contributed by atoms with Crippen LogP contribution in [0.1, 0.15) is 73.0 Å². The standard InChI is InChI=1S/C48H58N10O5S/c1-31(2)38-8-6-7-9-39(38)43-30-55(29-33(27-50-3)45(49)62-5)20-21-57(43)35-25-48(26-35)15-18-56(19-16-48)34-10-12-40(44(23-34)63-36-22-32-14-17-52-46(32)53-28-36)47(59)54-64-37-11-13-41(51-4)42(24-37)58(60)61/h6-14,17,22-24,27-28,31,35,43,51H,15-16,18-21,25-26,29-30,49H2,1-5H3,(H,52,53)(H,54,59). The average molecular weight is 887 g/mol. The van der Waals surface area contributed by atoms with Crippen LogP contribution in [0, 0.1) is 15.5 Å². The van der Waals surface area contributed by atoms with Gasteiger partial charge in [0.05, 0.1) is 23.8 Å². The lowest BCUT2D eigenvalue weighted by atomic mass is 9.59. The summed E-state index contributed by atoms with van der Waals surface area (Å²) >= 11 is 1.01. The molecule has 1 unspecified atom stereocenters. The molecule has 1 saturated carbocycles. The predicted molar refractivity (Wildman–Crippen MR) is 255 cm³/mol. The number of nitro groups is 1. The molecule has 2 aliphatic heterocycles. The maximum absolute atomic E-state index is 13.8. The van der Waals surface area contributed by atoms with Gasteiger partial charge in [-0.05, 0) is 96.5 Å². The Morgan fingerprint density at radius 2 is 1.89 bits per heavy atom. The number of aromatic nitrogens is 2. The van der Waals surface area contributed by atoms with E-state index in [9.17, 15) is 14.9 Å². The molecule has 3 aliphatic rings. The van der Waals surface area contributed by atoms with E-state index in [1.54, 1.807) is 45.6 Å². The van der Waals surface area contributed by atoms with Crippen molar-refractivity contribution in [2.45, 2.75) is 62.4 Å². The van der Waals surface area contributed by atoms with Gasteiger partial charge in [-0.3, -0.25) is 34.4 Å². The summed E-state index contributed by atoms with van der Waals surface area (Å²) in [5.41, 5.74) is 12.6. The van der Waals surface area contributed by atoms with Gasteiger partial charge in [0, 0.05) is 112 Å².